The molecular formula is C40H48F3N7O8. The minimum atomic E-state index is -1.25. The summed E-state index contributed by atoms with van der Waals surface area (Å²) in [6.45, 7) is 0.689. The highest BCUT2D eigenvalue weighted by Crippen LogP contribution is 2.38. The quantitative estimate of drug-likeness (QED) is 0.110. The summed E-state index contributed by atoms with van der Waals surface area (Å²) in [6, 6.07) is 11.1. The number of nitrogens with zero attached hydrogens (tertiary/aromatic N) is 4. The van der Waals surface area contributed by atoms with Crippen LogP contribution in [-0.4, -0.2) is 133 Å². The number of imidazole rings is 1. The van der Waals surface area contributed by atoms with E-state index in [4.69, 9.17) is 19.2 Å². The first-order valence-corrected chi connectivity index (χ1v) is 19.3. The Labute approximate surface area is 333 Å². The largest absolute Gasteiger partial charge is 0.442 e. The van der Waals surface area contributed by atoms with E-state index in [1.165, 1.54) is 17.1 Å². The smallest absolute Gasteiger partial charge is 0.407 e. The molecule has 4 heterocycles. The molecule has 15 nitrogen and oxygen atoms in total. The fourth-order valence-electron chi connectivity index (χ4n) is 7.26. The number of alkyl halides is 1. The number of hydrogen-bond donors (Lipinski definition) is 4. The van der Waals surface area contributed by atoms with Crippen LogP contribution in [0.5, 0.6) is 0 Å². The van der Waals surface area contributed by atoms with Crippen LogP contribution >= 0.6 is 0 Å². The molecule has 4 atom stereocenters. The van der Waals surface area contributed by atoms with Crippen molar-refractivity contribution < 1.29 is 51.7 Å². The Balaban J connectivity index is 1.20. The number of aliphatic hydroxyl groups is 1. The van der Waals surface area contributed by atoms with Gasteiger partial charge in [0, 0.05) is 75.8 Å². The van der Waals surface area contributed by atoms with Crippen molar-refractivity contribution in [3.05, 3.63) is 89.9 Å². The van der Waals surface area contributed by atoms with Crippen molar-refractivity contribution in [3.63, 3.8) is 0 Å². The lowest BCUT2D eigenvalue weighted by Crippen LogP contribution is -2.51. The Hall–Kier alpha value is -5.30. The number of ether oxygens (including phenoxy) is 3. The number of alkyl carbamates (subject to hydrolysis) is 1. The first-order chi connectivity index (χ1) is 28.1. The average Bonchev–Trinajstić information content (AvgIpc) is 3.93. The van der Waals surface area contributed by atoms with E-state index >= 15 is 8.78 Å². The maximum atomic E-state index is 15.3. The molecule has 18 heteroatoms. The zero-order chi connectivity index (χ0) is 41.0. The SMILES string of the molecule is O=C(NCCOCCN1C(=O)C=CC1=O)OC(CO)CNC(=O)N(CC1CNCC1F)C(c1nc(-c2cc(F)ccc2F)cn1Cc1ccccc1)C1CCOCC1. The number of amides is 5. The minimum absolute atomic E-state index is 0.0149. The summed E-state index contributed by atoms with van der Waals surface area (Å²) in [7, 11) is 0. The average molecular weight is 812 g/mol. The van der Waals surface area contributed by atoms with Crippen LogP contribution in [0.15, 0.2) is 66.9 Å². The van der Waals surface area contributed by atoms with Crippen LogP contribution in [0.3, 0.4) is 0 Å². The van der Waals surface area contributed by atoms with Crippen LogP contribution in [-0.2, 0) is 30.3 Å². The number of urea groups is 1. The standard InChI is InChI=1S/C40H48F3N7O8/c41-29-6-7-32(42)31(18-29)34-24-48(22-26-4-2-1-3-5-26)38(47-34)37(27-10-14-56-15-11-27)50(23-28-19-44-21-33(28)43)39(54)46-20-30(25-51)58-40(55)45-12-16-57-17-13-49-35(52)8-9-36(49)53/h1-9,18,24,27-28,30,33,37,44,51H,10-17,19-23,25H2,(H,45,55)(H,46,54). The fourth-order valence-corrected chi connectivity index (χ4v) is 7.26. The highest BCUT2D eigenvalue weighted by molar-refractivity contribution is 6.12. The van der Waals surface area contributed by atoms with E-state index in [1.807, 2.05) is 34.9 Å². The van der Waals surface area contributed by atoms with Gasteiger partial charge in [0.2, 0.25) is 0 Å². The zero-order valence-electron chi connectivity index (χ0n) is 31.9. The third kappa shape index (κ3) is 11.0. The Kier molecular flexibility index (Phi) is 14.9. The summed E-state index contributed by atoms with van der Waals surface area (Å²) >= 11 is 0. The molecule has 3 aromatic rings. The summed E-state index contributed by atoms with van der Waals surface area (Å²) in [5, 5.41) is 18.4. The molecule has 6 rings (SSSR count). The van der Waals surface area contributed by atoms with Crippen molar-refractivity contribution in [2.24, 2.45) is 11.8 Å². The Morgan fingerprint density at radius 2 is 1.79 bits per heavy atom. The van der Waals surface area contributed by atoms with Gasteiger partial charge in [0.25, 0.3) is 11.8 Å². The molecule has 1 aromatic heterocycles. The van der Waals surface area contributed by atoms with Crippen molar-refractivity contribution in [3.8, 4) is 11.3 Å². The maximum Gasteiger partial charge on any atom is 0.407 e. The first kappa shape index (κ1) is 42.3. The molecule has 5 amide bonds. The van der Waals surface area contributed by atoms with Crippen LogP contribution in [0.25, 0.3) is 11.3 Å². The number of carbonyl (C=O) groups excluding carboxylic acids is 4. The predicted molar refractivity (Wildman–Crippen MR) is 203 cm³/mol. The number of carbonyl (C=O) groups is 4. The molecule has 0 saturated carbocycles. The summed E-state index contributed by atoms with van der Waals surface area (Å²) < 4.78 is 63.2. The first-order valence-electron chi connectivity index (χ1n) is 19.3. The van der Waals surface area contributed by atoms with Crippen LogP contribution in [0.2, 0.25) is 0 Å². The zero-order valence-corrected chi connectivity index (χ0v) is 31.9. The second-order valence-corrected chi connectivity index (χ2v) is 14.3. The van der Waals surface area contributed by atoms with Gasteiger partial charge in [-0.25, -0.2) is 27.7 Å². The lowest BCUT2D eigenvalue weighted by atomic mass is 9.89. The van der Waals surface area contributed by atoms with E-state index in [2.05, 4.69) is 16.0 Å². The second kappa shape index (κ2) is 20.4. The third-order valence-corrected chi connectivity index (χ3v) is 10.3. The highest BCUT2D eigenvalue weighted by Gasteiger charge is 2.40. The number of aliphatic hydroxyl groups excluding tert-OH is 1. The lowest BCUT2D eigenvalue weighted by Gasteiger charge is -2.40. The van der Waals surface area contributed by atoms with E-state index in [-0.39, 0.29) is 69.7 Å². The predicted octanol–water partition coefficient (Wildman–Crippen LogP) is 2.94. The van der Waals surface area contributed by atoms with Gasteiger partial charge < -0.3 is 44.7 Å². The Morgan fingerprint density at radius 3 is 2.50 bits per heavy atom. The topological polar surface area (TPSA) is 177 Å². The molecule has 0 bridgehead atoms. The maximum absolute atomic E-state index is 15.3. The Morgan fingerprint density at radius 1 is 1.03 bits per heavy atom. The van der Waals surface area contributed by atoms with Gasteiger partial charge in [-0.15, -0.1) is 0 Å². The van der Waals surface area contributed by atoms with E-state index in [9.17, 15) is 28.7 Å². The van der Waals surface area contributed by atoms with Gasteiger partial charge in [0.05, 0.1) is 44.6 Å². The summed E-state index contributed by atoms with van der Waals surface area (Å²) in [5.41, 5.74) is 0.989. The minimum Gasteiger partial charge on any atom is -0.442 e. The van der Waals surface area contributed by atoms with E-state index < -0.39 is 66.4 Å². The van der Waals surface area contributed by atoms with Crippen molar-refractivity contribution in [1.29, 1.82) is 0 Å². The van der Waals surface area contributed by atoms with Gasteiger partial charge in [-0.1, -0.05) is 30.3 Å². The van der Waals surface area contributed by atoms with Crippen molar-refractivity contribution in [2.45, 2.75) is 37.7 Å². The van der Waals surface area contributed by atoms with Crippen LogP contribution in [0, 0.1) is 23.5 Å². The summed E-state index contributed by atoms with van der Waals surface area (Å²) in [4.78, 5) is 57.8. The van der Waals surface area contributed by atoms with E-state index in [0.29, 0.717) is 38.4 Å². The van der Waals surface area contributed by atoms with Crippen LogP contribution in [0.4, 0.5) is 22.8 Å². The molecule has 3 aliphatic heterocycles. The van der Waals surface area contributed by atoms with Crippen molar-refractivity contribution in [1.82, 2.24) is 35.3 Å². The second-order valence-electron chi connectivity index (χ2n) is 14.3. The molecule has 58 heavy (non-hydrogen) atoms. The monoisotopic (exact) mass is 811 g/mol. The molecular weight excluding hydrogens is 763 g/mol. The number of imide groups is 1. The van der Waals surface area contributed by atoms with E-state index in [0.717, 1.165) is 28.7 Å². The number of nitrogens with one attached hydrogen (secondary N) is 3. The molecule has 4 unspecified atom stereocenters. The number of aromatic nitrogens is 2. The highest BCUT2D eigenvalue weighted by atomic mass is 19.1. The number of benzene rings is 2. The third-order valence-electron chi connectivity index (χ3n) is 10.3. The molecule has 4 N–H and O–H groups in total. The molecule has 2 fully saturated rings. The molecule has 2 saturated heterocycles. The molecule has 0 radical (unpaired) electrons. The van der Waals surface area contributed by atoms with Gasteiger partial charge in [0.15, 0.2) is 0 Å². The molecule has 2 aromatic carbocycles. The van der Waals surface area contributed by atoms with E-state index in [1.54, 1.807) is 6.20 Å². The fraction of sp³-hybridized carbons (Fsp3) is 0.475. The van der Waals surface area contributed by atoms with Gasteiger partial charge >= 0.3 is 12.1 Å². The molecule has 0 aliphatic carbocycles. The Bertz CT molecular complexity index is 1890. The van der Waals surface area contributed by atoms with Crippen molar-refractivity contribution >= 4 is 23.9 Å². The summed E-state index contributed by atoms with van der Waals surface area (Å²) in [6.07, 6.45) is 1.71. The molecule has 0 spiro atoms. The van der Waals surface area contributed by atoms with Gasteiger partial charge in [-0.3, -0.25) is 14.5 Å². The van der Waals surface area contributed by atoms with Crippen molar-refractivity contribution in [2.75, 3.05) is 72.3 Å². The normalized spacial score (nSPS) is 19.3. The van der Waals surface area contributed by atoms with Crippen LogP contribution < -0.4 is 16.0 Å². The number of halogens is 3. The number of rotatable bonds is 18. The number of hydrogen-bond acceptors (Lipinski definition) is 10. The molecule has 3 aliphatic rings. The van der Waals surface area contributed by atoms with Crippen LogP contribution in [0.1, 0.15) is 30.3 Å². The van der Waals surface area contributed by atoms with Gasteiger partial charge in [-0.2, -0.15) is 0 Å². The summed E-state index contributed by atoms with van der Waals surface area (Å²) in [5.74, 6) is -2.62. The molecule has 312 valence electrons. The van der Waals surface area contributed by atoms with Gasteiger partial charge in [-0.05, 0) is 42.5 Å². The lowest BCUT2D eigenvalue weighted by molar-refractivity contribution is -0.137. The van der Waals surface area contributed by atoms with Gasteiger partial charge in [0.1, 0.15) is 29.7 Å².